The van der Waals surface area contributed by atoms with E-state index in [0.717, 1.165) is 0 Å². The number of nitrogens with one attached hydrogen (secondary N) is 1. The average Bonchev–Trinajstić information content (AvgIpc) is 2.20. The number of carboxylic acids is 1. The van der Waals surface area contributed by atoms with Crippen LogP contribution in [-0.2, 0) is 4.74 Å². The zero-order valence-electron chi connectivity index (χ0n) is 11.8. The number of aromatic carboxylic acids is 1. The van der Waals surface area contributed by atoms with Crippen molar-refractivity contribution in [1.82, 2.24) is 0 Å². The van der Waals surface area contributed by atoms with Gasteiger partial charge in [-0.2, -0.15) is 0 Å². The van der Waals surface area contributed by atoms with E-state index in [1.165, 1.54) is 0 Å². The summed E-state index contributed by atoms with van der Waals surface area (Å²) >= 11 is 0. The average molecular weight is 265 g/mol. The van der Waals surface area contributed by atoms with Gasteiger partial charge in [-0.15, -0.1) is 0 Å². The van der Waals surface area contributed by atoms with Crippen LogP contribution in [0.15, 0.2) is 12.1 Å². The molecule has 0 radical (unpaired) electrons. The summed E-state index contributed by atoms with van der Waals surface area (Å²) in [6.45, 7) is 8.65. The van der Waals surface area contributed by atoms with E-state index in [9.17, 15) is 14.7 Å². The van der Waals surface area contributed by atoms with Crippen LogP contribution in [0.4, 0.5) is 10.5 Å². The van der Waals surface area contributed by atoms with Crippen molar-refractivity contribution in [3.8, 4) is 0 Å². The third kappa shape index (κ3) is 3.98. The van der Waals surface area contributed by atoms with E-state index in [4.69, 9.17) is 4.74 Å². The van der Waals surface area contributed by atoms with Gasteiger partial charge in [-0.25, -0.2) is 9.59 Å². The molecule has 19 heavy (non-hydrogen) atoms. The van der Waals surface area contributed by atoms with Gasteiger partial charge in [-0.05, 0) is 45.7 Å². The Morgan fingerprint density at radius 3 is 2.16 bits per heavy atom. The van der Waals surface area contributed by atoms with E-state index in [-0.39, 0.29) is 11.3 Å². The topological polar surface area (TPSA) is 75.6 Å². The molecule has 0 aliphatic carbocycles. The smallest absolute Gasteiger partial charge is 0.412 e. The maximum Gasteiger partial charge on any atom is 0.412 e. The fraction of sp³-hybridized carbons (Fsp3) is 0.429. The summed E-state index contributed by atoms with van der Waals surface area (Å²) in [6, 6.07) is 3.47. The molecule has 0 saturated carbocycles. The number of rotatable bonds is 2. The first kappa shape index (κ1) is 15.0. The second-order valence-corrected chi connectivity index (χ2v) is 5.38. The molecule has 0 aliphatic heterocycles. The van der Waals surface area contributed by atoms with E-state index >= 15 is 0 Å². The summed E-state index contributed by atoms with van der Waals surface area (Å²) in [4.78, 5) is 23.0. The highest BCUT2D eigenvalue weighted by Gasteiger charge is 2.21. The first-order chi connectivity index (χ1) is 8.61. The van der Waals surface area contributed by atoms with Gasteiger partial charge in [-0.3, -0.25) is 5.32 Å². The number of carbonyl (C=O) groups excluding carboxylic acids is 1. The number of anilines is 1. The molecule has 5 nitrogen and oxygen atoms in total. The molecule has 0 aromatic heterocycles. The van der Waals surface area contributed by atoms with E-state index in [1.807, 2.05) is 0 Å². The standard InChI is InChI=1S/C14H19NO4/c1-8-6-7-9(2)11(10(8)12(16)17)15-13(18)19-14(3,4)5/h6-7H,1-5H3,(H,15,18)(H,16,17). The van der Waals surface area contributed by atoms with Crippen molar-refractivity contribution in [3.05, 3.63) is 28.8 Å². The van der Waals surface area contributed by atoms with Gasteiger partial charge < -0.3 is 9.84 Å². The van der Waals surface area contributed by atoms with Crippen molar-refractivity contribution in [1.29, 1.82) is 0 Å². The molecule has 2 N–H and O–H groups in total. The van der Waals surface area contributed by atoms with Crippen LogP contribution in [0.3, 0.4) is 0 Å². The van der Waals surface area contributed by atoms with Crippen LogP contribution in [0.5, 0.6) is 0 Å². The molecule has 0 heterocycles. The van der Waals surface area contributed by atoms with Gasteiger partial charge in [0.05, 0.1) is 11.3 Å². The Bertz CT molecular complexity index is 515. The van der Waals surface area contributed by atoms with Gasteiger partial charge in [0.2, 0.25) is 0 Å². The predicted molar refractivity (Wildman–Crippen MR) is 72.7 cm³/mol. The molecular formula is C14H19NO4. The quantitative estimate of drug-likeness (QED) is 0.859. The lowest BCUT2D eigenvalue weighted by Gasteiger charge is -2.21. The maximum atomic E-state index is 11.7. The normalized spacial score (nSPS) is 11.0. The number of hydrogen-bond acceptors (Lipinski definition) is 3. The van der Waals surface area contributed by atoms with Crippen LogP contribution < -0.4 is 5.32 Å². The Balaban J connectivity index is 3.10. The van der Waals surface area contributed by atoms with E-state index in [1.54, 1.807) is 46.8 Å². The summed E-state index contributed by atoms with van der Waals surface area (Å²) in [5.74, 6) is -1.08. The number of aryl methyl sites for hydroxylation is 2. The third-order valence-corrected chi connectivity index (χ3v) is 2.46. The van der Waals surface area contributed by atoms with E-state index < -0.39 is 17.7 Å². The Hall–Kier alpha value is -2.04. The van der Waals surface area contributed by atoms with Crippen molar-refractivity contribution in [2.45, 2.75) is 40.2 Å². The predicted octanol–water partition coefficient (Wildman–Crippen LogP) is 3.35. The van der Waals surface area contributed by atoms with Crippen molar-refractivity contribution in [3.63, 3.8) is 0 Å². The highest BCUT2D eigenvalue weighted by Crippen LogP contribution is 2.25. The van der Waals surface area contributed by atoms with Crippen molar-refractivity contribution >= 4 is 17.7 Å². The highest BCUT2D eigenvalue weighted by atomic mass is 16.6. The van der Waals surface area contributed by atoms with Crippen LogP contribution in [0, 0.1) is 13.8 Å². The molecule has 1 aromatic rings. The minimum absolute atomic E-state index is 0.0888. The molecule has 0 atom stereocenters. The van der Waals surface area contributed by atoms with E-state index in [0.29, 0.717) is 11.1 Å². The van der Waals surface area contributed by atoms with Crippen LogP contribution in [-0.4, -0.2) is 22.8 Å². The minimum Gasteiger partial charge on any atom is -0.478 e. The zero-order valence-corrected chi connectivity index (χ0v) is 11.8. The monoisotopic (exact) mass is 265 g/mol. The van der Waals surface area contributed by atoms with Crippen molar-refractivity contribution in [2.75, 3.05) is 5.32 Å². The molecule has 1 amide bonds. The summed E-state index contributed by atoms with van der Waals surface area (Å²) < 4.78 is 5.13. The largest absolute Gasteiger partial charge is 0.478 e. The number of hydrogen-bond donors (Lipinski definition) is 2. The molecule has 1 aromatic carbocycles. The molecule has 0 fully saturated rings. The third-order valence-electron chi connectivity index (χ3n) is 2.46. The number of benzene rings is 1. The number of amides is 1. The minimum atomic E-state index is -1.08. The zero-order chi connectivity index (χ0) is 14.8. The van der Waals surface area contributed by atoms with Gasteiger partial charge in [-0.1, -0.05) is 12.1 Å². The second-order valence-electron chi connectivity index (χ2n) is 5.38. The van der Waals surface area contributed by atoms with Gasteiger partial charge in [0.15, 0.2) is 0 Å². The number of ether oxygens (including phenoxy) is 1. The first-order valence-electron chi connectivity index (χ1n) is 5.95. The van der Waals surface area contributed by atoms with Crippen LogP contribution in [0.2, 0.25) is 0 Å². The maximum absolute atomic E-state index is 11.7. The van der Waals surface area contributed by atoms with Crippen LogP contribution in [0.25, 0.3) is 0 Å². The fourth-order valence-electron chi connectivity index (χ4n) is 1.65. The highest BCUT2D eigenvalue weighted by molar-refractivity contribution is 6.01. The molecule has 5 heteroatoms. The Labute approximate surface area is 112 Å². The van der Waals surface area contributed by atoms with Crippen molar-refractivity contribution < 1.29 is 19.4 Å². The van der Waals surface area contributed by atoms with E-state index in [2.05, 4.69) is 5.32 Å². The molecule has 0 unspecified atom stereocenters. The Morgan fingerprint density at radius 1 is 1.16 bits per heavy atom. The van der Waals surface area contributed by atoms with Crippen LogP contribution in [0.1, 0.15) is 42.3 Å². The Kier molecular flexibility index (Phi) is 4.19. The van der Waals surface area contributed by atoms with Gasteiger partial charge in [0.1, 0.15) is 5.60 Å². The molecule has 1 rings (SSSR count). The molecular weight excluding hydrogens is 246 g/mol. The lowest BCUT2D eigenvalue weighted by Crippen LogP contribution is -2.28. The summed E-state index contributed by atoms with van der Waals surface area (Å²) in [7, 11) is 0. The molecule has 0 spiro atoms. The molecule has 104 valence electrons. The molecule has 0 aliphatic rings. The lowest BCUT2D eigenvalue weighted by atomic mass is 10.0. The van der Waals surface area contributed by atoms with Gasteiger partial charge in [0, 0.05) is 0 Å². The summed E-state index contributed by atoms with van der Waals surface area (Å²) in [5.41, 5.74) is 0.996. The lowest BCUT2D eigenvalue weighted by molar-refractivity contribution is 0.0636. The second kappa shape index (κ2) is 5.30. The summed E-state index contributed by atoms with van der Waals surface area (Å²) in [6.07, 6.45) is -0.663. The Morgan fingerprint density at radius 2 is 1.68 bits per heavy atom. The van der Waals surface area contributed by atoms with Gasteiger partial charge in [0.25, 0.3) is 0 Å². The van der Waals surface area contributed by atoms with Crippen LogP contribution >= 0.6 is 0 Å². The SMILES string of the molecule is Cc1ccc(C)c(C(=O)O)c1NC(=O)OC(C)(C)C. The van der Waals surface area contributed by atoms with Gasteiger partial charge >= 0.3 is 12.1 Å². The number of carboxylic acid groups (broad SMARTS) is 1. The summed E-state index contributed by atoms with van der Waals surface area (Å²) in [5, 5.41) is 11.7. The molecule has 0 saturated heterocycles. The fourth-order valence-corrected chi connectivity index (χ4v) is 1.65. The first-order valence-corrected chi connectivity index (χ1v) is 5.95. The molecule has 0 bridgehead atoms. The number of carbonyl (C=O) groups is 2. The van der Waals surface area contributed by atoms with Crippen molar-refractivity contribution in [2.24, 2.45) is 0 Å².